The summed E-state index contributed by atoms with van der Waals surface area (Å²) >= 11 is 0. The number of rotatable bonds is 3. The van der Waals surface area contributed by atoms with Gasteiger partial charge in [-0.3, -0.25) is 5.10 Å². The predicted octanol–water partition coefficient (Wildman–Crippen LogP) is 3.98. The van der Waals surface area contributed by atoms with Gasteiger partial charge in [-0.25, -0.2) is 4.98 Å². The molecule has 7 heteroatoms. The molecule has 3 heterocycles. The smallest absolute Gasteiger partial charge is 0.279 e. The first kappa shape index (κ1) is 13.9. The third-order valence-electron chi connectivity index (χ3n) is 4.09. The minimum absolute atomic E-state index is 0.377. The summed E-state index contributed by atoms with van der Waals surface area (Å²) in [4.78, 5) is 8.93. The lowest BCUT2D eigenvalue weighted by Crippen LogP contribution is -1.82. The zero-order chi connectivity index (χ0) is 16.8. The molecule has 0 unspecified atom stereocenters. The van der Waals surface area contributed by atoms with Crippen molar-refractivity contribution in [2.45, 2.75) is 13.3 Å². The molecule has 0 spiro atoms. The van der Waals surface area contributed by atoms with Crippen molar-refractivity contribution in [1.82, 2.24) is 25.3 Å². The highest BCUT2D eigenvalue weighted by Crippen LogP contribution is 2.28. The fraction of sp³-hybridized carbons (Fsp3) is 0.111. The number of H-pyrrole nitrogens is 1. The molecule has 0 atom stereocenters. The Balaban J connectivity index is 1.58. The summed E-state index contributed by atoms with van der Waals surface area (Å²) in [6.45, 7) is 2.01. The number of hydrogen-bond acceptors (Lipinski definition) is 6. The summed E-state index contributed by atoms with van der Waals surface area (Å²) in [5.74, 6) is 1.58. The zero-order valence-electron chi connectivity index (χ0n) is 13.4. The second-order valence-corrected chi connectivity index (χ2v) is 5.68. The van der Waals surface area contributed by atoms with E-state index in [4.69, 9.17) is 8.94 Å². The zero-order valence-corrected chi connectivity index (χ0v) is 13.4. The van der Waals surface area contributed by atoms with Crippen LogP contribution < -0.4 is 0 Å². The van der Waals surface area contributed by atoms with Crippen molar-refractivity contribution >= 4 is 22.0 Å². The van der Waals surface area contributed by atoms with Gasteiger partial charge in [-0.1, -0.05) is 30.3 Å². The Morgan fingerprint density at radius 2 is 2.00 bits per heavy atom. The monoisotopic (exact) mass is 331 g/mol. The highest BCUT2D eigenvalue weighted by Gasteiger charge is 2.17. The number of fused-ring (bicyclic) bond motifs is 2. The first-order chi connectivity index (χ1) is 12.3. The van der Waals surface area contributed by atoms with E-state index in [-0.39, 0.29) is 0 Å². The number of aromatic nitrogens is 5. The van der Waals surface area contributed by atoms with E-state index in [9.17, 15) is 0 Å². The van der Waals surface area contributed by atoms with Crippen LogP contribution in [0, 0.1) is 0 Å². The van der Waals surface area contributed by atoms with Crippen molar-refractivity contribution in [3.8, 4) is 23.0 Å². The van der Waals surface area contributed by atoms with Gasteiger partial charge in [-0.15, -0.1) is 0 Å². The highest BCUT2D eigenvalue weighted by atomic mass is 16.5. The van der Waals surface area contributed by atoms with Gasteiger partial charge in [0.15, 0.2) is 17.2 Å². The molecular formula is C18H13N5O2. The van der Waals surface area contributed by atoms with Gasteiger partial charge in [-0.05, 0) is 24.3 Å². The third-order valence-corrected chi connectivity index (χ3v) is 4.09. The normalized spacial score (nSPS) is 11.6. The van der Waals surface area contributed by atoms with Crippen LogP contribution in [0.1, 0.15) is 12.8 Å². The van der Waals surface area contributed by atoms with Gasteiger partial charge >= 0.3 is 0 Å². The molecule has 5 rings (SSSR count). The maximum absolute atomic E-state index is 5.63. The molecule has 0 amide bonds. The average molecular weight is 331 g/mol. The summed E-state index contributed by atoms with van der Waals surface area (Å²) < 4.78 is 11.1. The van der Waals surface area contributed by atoms with Crippen LogP contribution in [-0.2, 0) is 6.42 Å². The van der Waals surface area contributed by atoms with Crippen LogP contribution in [-0.4, -0.2) is 25.3 Å². The summed E-state index contributed by atoms with van der Waals surface area (Å²) in [5.41, 5.74) is 3.92. The van der Waals surface area contributed by atoms with E-state index in [0.717, 1.165) is 34.0 Å². The Morgan fingerprint density at radius 3 is 2.92 bits per heavy atom. The SMILES string of the molecule is CCc1nc2cc(-c3noc(-c4n[nH]c5ccccc45)n3)ccc2o1. The van der Waals surface area contributed by atoms with E-state index < -0.39 is 0 Å². The van der Waals surface area contributed by atoms with Gasteiger partial charge in [-0.2, -0.15) is 10.1 Å². The summed E-state index contributed by atoms with van der Waals surface area (Å²) in [7, 11) is 0. The maximum atomic E-state index is 5.63. The van der Waals surface area contributed by atoms with Crippen LogP contribution in [0.4, 0.5) is 0 Å². The van der Waals surface area contributed by atoms with Crippen molar-refractivity contribution in [1.29, 1.82) is 0 Å². The number of oxazole rings is 1. The van der Waals surface area contributed by atoms with Gasteiger partial charge in [0.05, 0.1) is 5.52 Å². The predicted molar refractivity (Wildman–Crippen MR) is 91.8 cm³/mol. The van der Waals surface area contributed by atoms with Gasteiger partial charge in [0.25, 0.3) is 5.89 Å². The van der Waals surface area contributed by atoms with Gasteiger partial charge in [0.2, 0.25) is 5.82 Å². The first-order valence-electron chi connectivity index (χ1n) is 7.99. The first-order valence-corrected chi connectivity index (χ1v) is 7.99. The fourth-order valence-corrected chi connectivity index (χ4v) is 2.83. The Morgan fingerprint density at radius 1 is 1.08 bits per heavy atom. The molecule has 25 heavy (non-hydrogen) atoms. The van der Waals surface area contributed by atoms with Crippen LogP contribution >= 0.6 is 0 Å². The minimum Gasteiger partial charge on any atom is -0.441 e. The molecule has 122 valence electrons. The quantitative estimate of drug-likeness (QED) is 0.537. The van der Waals surface area contributed by atoms with Gasteiger partial charge in [0, 0.05) is 17.4 Å². The molecule has 1 N–H and O–H groups in total. The molecule has 7 nitrogen and oxygen atoms in total. The van der Waals surface area contributed by atoms with E-state index in [1.807, 2.05) is 49.4 Å². The summed E-state index contributed by atoms with van der Waals surface area (Å²) in [6.07, 6.45) is 0.753. The van der Waals surface area contributed by atoms with Crippen LogP contribution in [0.15, 0.2) is 51.4 Å². The highest BCUT2D eigenvalue weighted by molar-refractivity contribution is 5.90. The molecule has 0 aliphatic heterocycles. The number of nitrogens with zero attached hydrogens (tertiary/aromatic N) is 4. The summed E-state index contributed by atoms with van der Waals surface area (Å²) in [5, 5.41) is 12.3. The number of benzene rings is 2. The maximum Gasteiger partial charge on any atom is 0.279 e. The number of nitrogens with one attached hydrogen (secondary N) is 1. The molecule has 0 radical (unpaired) electrons. The van der Waals surface area contributed by atoms with E-state index in [2.05, 4.69) is 25.3 Å². The lowest BCUT2D eigenvalue weighted by molar-refractivity contribution is 0.431. The molecule has 0 saturated carbocycles. The lowest BCUT2D eigenvalue weighted by atomic mass is 10.2. The van der Waals surface area contributed by atoms with Crippen molar-refractivity contribution in [3.05, 3.63) is 48.4 Å². The van der Waals surface area contributed by atoms with Crippen molar-refractivity contribution in [2.75, 3.05) is 0 Å². The van der Waals surface area contributed by atoms with Gasteiger partial charge < -0.3 is 8.94 Å². The molecule has 0 fully saturated rings. The number of aryl methyl sites for hydroxylation is 1. The number of aromatic amines is 1. The molecule has 5 aromatic rings. The van der Waals surface area contributed by atoms with Gasteiger partial charge in [0.1, 0.15) is 5.52 Å². The molecule has 0 bridgehead atoms. The second kappa shape index (κ2) is 5.27. The second-order valence-electron chi connectivity index (χ2n) is 5.68. The van der Waals surface area contributed by atoms with Crippen LogP contribution in [0.25, 0.3) is 45.0 Å². The molecule has 0 aliphatic rings. The largest absolute Gasteiger partial charge is 0.441 e. The Labute approximate surface area is 141 Å². The topological polar surface area (TPSA) is 93.6 Å². The molecule has 0 saturated heterocycles. The van der Waals surface area contributed by atoms with Crippen LogP contribution in [0.2, 0.25) is 0 Å². The van der Waals surface area contributed by atoms with Crippen LogP contribution in [0.3, 0.4) is 0 Å². The Kier molecular flexibility index (Phi) is 2.93. The third kappa shape index (κ3) is 2.20. The molecule has 3 aromatic heterocycles. The average Bonchev–Trinajstić information content (AvgIpc) is 3.37. The van der Waals surface area contributed by atoms with Crippen LogP contribution in [0.5, 0.6) is 0 Å². The van der Waals surface area contributed by atoms with E-state index in [1.165, 1.54) is 0 Å². The standard InChI is InChI=1S/C18H13N5O2/c1-2-15-19-13-9-10(7-8-14(13)24-15)17-20-18(25-23-17)16-11-5-3-4-6-12(11)21-22-16/h3-9H,2H2,1H3,(H,21,22). The Hall–Kier alpha value is -3.48. The molecular weight excluding hydrogens is 318 g/mol. The van der Waals surface area contributed by atoms with E-state index in [1.54, 1.807) is 0 Å². The fourth-order valence-electron chi connectivity index (χ4n) is 2.83. The van der Waals surface area contributed by atoms with E-state index in [0.29, 0.717) is 23.3 Å². The van der Waals surface area contributed by atoms with Crippen molar-refractivity contribution < 1.29 is 8.94 Å². The Bertz CT molecular complexity index is 1200. The minimum atomic E-state index is 0.377. The summed E-state index contributed by atoms with van der Waals surface area (Å²) in [6, 6.07) is 13.5. The number of para-hydroxylation sites is 1. The molecule has 0 aliphatic carbocycles. The number of hydrogen-bond donors (Lipinski definition) is 1. The van der Waals surface area contributed by atoms with Crippen molar-refractivity contribution in [3.63, 3.8) is 0 Å². The molecule has 2 aromatic carbocycles. The van der Waals surface area contributed by atoms with E-state index >= 15 is 0 Å². The lowest BCUT2D eigenvalue weighted by Gasteiger charge is -1.92. The van der Waals surface area contributed by atoms with Crippen molar-refractivity contribution in [2.24, 2.45) is 0 Å².